The molecule has 0 saturated heterocycles. The molecule has 0 unspecified atom stereocenters. The van der Waals surface area contributed by atoms with Crippen LogP contribution in [-0.4, -0.2) is 46.4 Å². The number of halogens is 1. The number of phenolic OH excluding ortho intramolecular Hbond substituents is 1. The van der Waals surface area contributed by atoms with Crippen LogP contribution in [0.4, 0.5) is 11.6 Å². The molecule has 2 atom stereocenters. The number of anilines is 2. The second kappa shape index (κ2) is 15.4. The van der Waals surface area contributed by atoms with Gasteiger partial charge in [0.25, 0.3) is 0 Å². The van der Waals surface area contributed by atoms with Crippen molar-refractivity contribution in [2.45, 2.75) is 25.9 Å². The van der Waals surface area contributed by atoms with Crippen molar-refractivity contribution in [1.29, 1.82) is 0 Å². The van der Waals surface area contributed by atoms with Crippen molar-refractivity contribution < 1.29 is 19.3 Å². The molecule has 0 fully saturated rings. The Labute approximate surface area is 262 Å². The first-order valence-corrected chi connectivity index (χ1v) is 14.1. The molecule has 10 nitrogen and oxygen atoms in total. The third-order valence-electron chi connectivity index (χ3n) is 6.68. The van der Waals surface area contributed by atoms with Gasteiger partial charge in [0.2, 0.25) is 0 Å². The second-order valence-electron chi connectivity index (χ2n) is 9.68. The molecule has 0 aliphatic carbocycles. The van der Waals surface area contributed by atoms with Gasteiger partial charge in [-0.2, -0.15) is 0 Å². The van der Waals surface area contributed by atoms with Crippen molar-refractivity contribution in [2.24, 2.45) is 0 Å². The molecule has 0 spiro atoms. The highest BCUT2D eigenvalue weighted by Gasteiger charge is 2.10. The van der Waals surface area contributed by atoms with Crippen LogP contribution in [0.25, 0.3) is 11.3 Å². The van der Waals surface area contributed by atoms with E-state index in [-0.39, 0.29) is 17.8 Å². The summed E-state index contributed by atoms with van der Waals surface area (Å²) in [6.07, 6.45) is 6.51. The smallest absolute Gasteiger partial charge is 0.161 e. The van der Waals surface area contributed by atoms with Gasteiger partial charge < -0.3 is 30.0 Å². The average molecular weight is 615 g/mol. The number of hydrogen-bond donors (Lipinski definition) is 3. The Morgan fingerprint density at radius 3 is 1.68 bits per heavy atom. The minimum Gasteiger partial charge on any atom is -0.504 e. The van der Waals surface area contributed by atoms with Gasteiger partial charge in [0, 0.05) is 17.6 Å². The molecular formula is C33H35ClN6O4. The fourth-order valence-electron chi connectivity index (χ4n) is 4.22. The molecular weight excluding hydrogens is 580 g/mol. The van der Waals surface area contributed by atoms with Crippen LogP contribution in [0.15, 0.2) is 91.5 Å². The Hall–Kier alpha value is -5.09. The fourth-order valence-corrected chi connectivity index (χ4v) is 4.37. The van der Waals surface area contributed by atoms with Gasteiger partial charge in [-0.3, -0.25) is 9.97 Å². The molecule has 5 rings (SSSR count). The van der Waals surface area contributed by atoms with Crippen LogP contribution in [0.5, 0.6) is 23.0 Å². The lowest BCUT2D eigenvalue weighted by Gasteiger charge is -2.16. The molecule has 2 aromatic heterocycles. The molecule has 0 aliphatic heterocycles. The van der Waals surface area contributed by atoms with Crippen molar-refractivity contribution in [3.8, 4) is 34.3 Å². The number of phenols is 1. The Bertz CT molecular complexity index is 1640. The number of methoxy groups -OCH3 is 3. The summed E-state index contributed by atoms with van der Waals surface area (Å²) in [5.74, 6) is 3.47. The van der Waals surface area contributed by atoms with Crippen LogP contribution < -0.4 is 24.8 Å². The molecule has 228 valence electrons. The van der Waals surface area contributed by atoms with Crippen LogP contribution in [0, 0.1) is 0 Å². The lowest BCUT2D eigenvalue weighted by atomic mass is 10.1. The molecule has 44 heavy (non-hydrogen) atoms. The Kier molecular flexibility index (Phi) is 11.1. The molecule has 0 saturated carbocycles. The predicted molar refractivity (Wildman–Crippen MR) is 173 cm³/mol. The first-order valence-electron chi connectivity index (χ1n) is 13.8. The SMILES string of the molecule is COc1ccc([C@H](C)Nc2cncc(-c3ccc(O)c(OC)c3)n2)cc1.COc1ccc([C@H](C)Nc2cncc(Cl)n2)cc1. The summed E-state index contributed by atoms with van der Waals surface area (Å²) < 4.78 is 15.5. The van der Waals surface area contributed by atoms with E-state index in [1.54, 1.807) is 51.0 Å². The quantitative estimate of drug-likeness (QED) is 0.147. The van der Waals surface area contributed by atoms with E-state index in [4.69, 9.17) is 25.8 Å². The standard InChI is InChI=1S/C20H21N3O3.C13H14ClN3O/c1-13(14-4-7-16(25-2)8-5-14)22-20-12-21-11-17(23-20)15-6-9-18(24)19(10-15)26-3;1-9(10-3-5-11(18-2)6-4-10)16-13-8-15-7-12(14)17-13/h4-13,24H,1-3H3,(H,22,23);3-9H,1-2H3,(H,16,17)/t13-;9-/m00/s1. The van der Waals surface area contributed by atoms with Crippen molar-refractivity contribution in [3.63, 3.8) is 0 Å². The maximum absolute atomic E-state index is 9.74. The molecule has 11 heteroatoms. The summed E-state index contributed by atoms with van der Waals surface area (Å²) in [6, 6.07) is 21.0. The van der Waals surface area contributed by atoms with E-state index in [2.05, 4.69) is 37.5 Å². The third kappa shape index (κ3) is 8.71. The lowest BCUT2D eigenvalue weighted by Crippen LogP contribution is -2.08. The number of aromatic nitrogens is 4. The minimum absolute atomic E-state index is 0.0554. The largest absolute Gasteiger partial charge is 0.504 e. The average Bonchev–Trinajstić information content (AvgIpc) is 3.05. The number of aromatic hydroxyl groups is 1. The highest BCUT2D eigenvalue weighted by atomic mass is 35.5. The topological polar surface area (TPSA) is 124 Å². The normalized spacial score (nSPS) is 11.8. The maximum atomic E-state index is 9.74. The van der Waals surface area contributed by atoms with Crippen LogP contribution in [0.2, 0.25) is 5.15 Å². The van der Waals surface area contributed by atoms with Gasteiger partial charge in [-0.25, -0.2) is 9.97 Å². The molecule has 5 aromatic rings. The molecule has 3 aromatic carbocycles. The zero-order valence-electron chi connectivity index (χ0n) is 25.2. The van der Waals surface area contributed by atoms with Gasteiger partial charge in [0.05, 0.1) is 51.8 Å². The van der Waals surface area contributed by atoms with Crippen LogP contribution in [-0.2, 0) is 0 Å². The highest BCUT2D eigenvalue weighted by molar-refractivity contribution is 6.29. The maximum Gasteiger partial charge on any atom is 0.161 e. The summed E-state index contributed by atoms with van der Waals surface area (Å²) in [5, 5.41) is 16.7. The van der Waals surface area contributed by atoms with Gasteiger partial charge >= 0.3 is 0 Å². The minimum atomic E-state index is 0.0554. The van der Waals surface area contributed by atoms with E-state index in [9.17, 15) is 5.11 Å². The first-order chi connectivity index (χ1) is 21.3. The Balaban J connectivity index is 0.000000215. The number of ether oxygens (including phenoxy) is 3. The van der Waals surface area contributed by atoms with E-state index >= 15 is 0 Å². The van der Waals surface area contributed by atoms with E-state index < -0.39 is 0 Å². The predicted octanol–water partition coefficient (Wildman–Crippen LogP) is 7.35. The zero-order chi connectivity index (χ0) is 31.5. The number of benzene rings is 3. The van der Waals surface area contributed by atoms with Crippen LogP contribution >= 0.6 is 11.6 Å². The summed E-state index contributed by atoms with van der Waals surface area (Å²) in [7, 11) is 4.81. The number of nitrogens with one attached hydrogen (secondary N) is 2. The van der Waals surface area contributed by atoms with Crippen molar-refractivity contribution in [2.75, 3.05) is 32.0 Å². The third-order valence-corrected chi connectivity index (χ3v) is 6.86. The first kappa shape index (κ1) is 31.8. The highest BCUT2D eigenvalue weighted by Crippen LogP contribution is 2.31. The molecule has 2 heterocycles. The monoisotopic (exact) mass is 614 g/mol. The second-order valence-corrected chi connectivity index (χ2v) is 10.1. The fraction of sp³-hybridized carbons (Fsp3) is 0.212. The summed E-state index contributed by atoms with van der Waals surface area (Å²) in [4.78, 5) is 17.0. The van der Waals surface area contributed by atoms with Crippen molar-refractivity contribution in [3.05, 3.63) is 108 Å². The molecule has 0 amide bonds. The Morgan fingerprint density at radius 1 is 0.659 bits per heavy atom. The summed E-state index contributed by atoms with van der Waals surface area (Å²) in [6.45, 7) is 4.10. The summed E-state index contributed by atoms with van der Waals surface area (Å²) in [5.41, 5.74) is 3.75. The van der Waals surface area contributed by atoms with Crippen molar-refractivity contribution >= 4 is 23.2 Å². The lowest BCUT2D eigenvalue weighted by molar-refractivity contribution is 0.373. The summed E-state index contributed by atoms with van der Waals surface area (Å²) >= 11 is 5.78. The van der Waals surface area contributed by atoms with E-state index in [0.717, 1.165) is 28.2 Å². The Morgan fingerprint density at radius 2 is 1.18 bits per heavy atom. The molecule has 0 radical (unpaired) electrons. The van der Waals surface area contributed by atoms with Crippen molar-refractivity contribution in [1.82, 2.24) is 19.9 Å². The van der Waals surface area contributed by atoms with Gasteiger partial charge in [0.15, 0.2) is 11.5 Å². The molecule has 3 N–H and O–H groups in total. The number of nitrogens with zero attached hydrogens (tertiary/aromatic N) is 4. The van der Waals surface area contributed by atoms with E-state index in [0.29, 0.717) is 28.2 Å². The van der Waals surface area contributed by atoms with E-state index in [1.807, 2.05) is 55.5 Å². The van der Waals surface area contributed by atoms with Gasteiger partial charge in [-0.05, 0) is 67.4 Å². The van der Waals surface area contributed by atoms with E-state index in [1.165, 1.54) is 13.3 Å². The van der Waals surface area contributed by atoms with Gasteiger partial charge in [0.1, 0.15) is 28.3 Å². The van der Waals surface area contributed by atoms with Crippen LogP contribution in [0.1, 0.15) is 37.1 Å². The van der Waals surface area contributed by atoms with Crippen LogP contribution in [0.3, 0.4) is 0 Å². The number of hydrogen-bond acceptors (Lipinski definition) is 10. The van der Waals surface area contributed by atoms with Gasteiger partial charge in [-0.15, -0.1) is 0 Å². The van der Waals surface area contributed by atoms with Gasteiger partial charge in [-0.1, -0.05) is 35.9 Å². The number of rotatable bonds is 10. The molecule has 0 bridgehead atoms. The molecule has 0 aliphatic rings. The zero-order valence-corrected chi connectivity index (χ0v) is 25.9.